The van der Waals surface area contributed by atoms with Crippen molar-refractivity contribution < 1.29 is 9.47 Å². The van der Waals surface area contributed by atoms with Crippen LogP contribution in [0.2, 0.25) is 0 Å². The highest BCUT2D eigenvalue weighted by atomic mass is 16.5. The quantitative estimate of drug-likeness (QED) is 0.776. The summed E-state index contributed by atoms with van der Waals surface area (Å²) in [5, 5.41) is 3.80. The van der Waals surface area contributed by atoms with Gasteiger partial charge in [0.2, 0.25) is 0 Å². The fourth-order valence-electron chi connectivity index (χ4n) is 4.44. The van der Waals surface area contributed by atoms with Crippen molar-refractivity contribution in [3.05, 3.63) is 0 Å². The zero-order chi connectivity index (χ0) is 15.3. The fraction of sp³-hybridized carbons (Fsp3) is 1.00. The molecular formula is C18H35NO2. The highest BCUT2D eigenvalue weighted by Crippen LogP contribution is 2.43. The molecule has 124 valence electrons. The van der Waals surface area contributed by atoms with E-state index in [1.54, 1.807) is 0 Å². The number of methoxy groups -OCH3 is 1. The molecule has 2 rings (SSSR count). The minimum Gasteiger partial charge on any atom is -0.380 e. The SMILES string of the molecule is CCCNC(C1CCOC2(CCCC2)C1)C(OC)C(C)C. The Balaban J connectivity index is 2.07. The van der Waals surface area contributed by atoms with Crippen molar-refractivity contribution >= 4 is 0 Å². The smallest absolute Gasteiger partial charge is 0.0749 e. The number of hydrogen-bond donors (Lipinski definition) is 1. The highest BCUT2D eigenvalue weighted by Gasteiger charge is 2.43. The van der Waals surface area contributed by atoms with Crippen LogP contribution in [0.4, 0.5) is 0 Å². The molecule has 0 amide bonds. The van der Waals surface area contributed by atoms with E-state index >= 15 is 0 Å². The largest absolute Gasteiger partial charge is 0.380 e. The predicted octanol–water partition coefficient (Wildman–Crippen LogP) is 3.77. The summed E-state index contributed by atoms with van der Waals surface area (Å²) in [4.78, 5) is 0. The molecule has 3 atom stereocenters. The van der Waals surface area contributed by atoms with Gasteiger partial charge in [0.15, 0.2) is 0 Å². The molecule has 1 N–H and O–H groups in total. The molecule has 0 aromatic heterocycles. The van der Waals surface area contributed by atoms with E-state index < -0.39 is 0 Å². The molecule has 3 nitrogen and oxygen atoms in total. The van der Waals surface area contributed by atoms with E-state index in [-0.39, 0.29) is 5.60 Å². The minimum atomic E-state index is 0.199. The van der Waals surface area contributed by atoms with Crippen LogP contribution in [0.1, 0.15) is 65.7 Å². The second kappa shape index (κ2) is 7.94. The first-order valence-electron chi connectivity index (χ1n) is 9.02. The molecule has 0 radical (unpaired) electrons. The molecule has 1 saturated heterocycles. The molecule has 0 aromatic carbocycles. The molecule has 2 fully saturated rings. The summed E-state index contributed by atoms with van der Waals surface area (Å²) < 4.78 is 12.1. The predicted molar refractivity (Wildman–Crippen MR) is 87.6 cm³/mol. The van der Waals surface area contributed by atoms with Crippen molar-refractivity contribution in [3.8, 4) is 0 Å². The van der Waals surface area contributed by atoms with Crippen molar-refractivity contribution in [3.63, 3.8) is 0 Å². The minimum absolute atomic E-state index is 0.199. The first-order valence-corrected chi connectivity index (χ1v) is 9.02. The Labute approximate surface area is 131 Å². The van der Waals surface area contributed by atoms with Crippen molar-refractivity contribution in [1.29, 1.82) is 0 Å². The number of hydrogen-bond acceptors (Lipinski definition) is 3. The molecule has 2 aliphatic rings. The van der Waals surface area contributed by atoms with E-state index in [2.05, 4.69) is 26.1 Å². The van der Waals surface area contributed by atoms with Crippen LogP contribution in [0.3, 0.4) is 0 Å². The van der Waals surface area contributed by atoms with Gasteiger partial charge in [-0.3, -0.25) is 0 Å². The van der Waals surface area contributed by atoms with Gasteiger partial charge >= 0.3 is 0 Å². The Morgan fingerprint density at radius 2 is 2.00 bits per heavy atom. The normalized spacial score (nSPS) is 28.1. The van der Waals surface area contributed by atoms with Crippen LogP contribution in [0.25, 0.3) is 0 Å². The summed E-state index contributed by atoms with van der Waals surface area (Å²) in [6, 6.07) is 0.469. The van der Waals surface area contributed by atoms with Crippen molar-refractivity contribution in [2.45, 2.75) is 83.5 Å². The van der Waals surface area contributed by atoms with Gasteiger partial charge < -0.3 is 14.8 Å². The average molecular weight is 297 g/mol. The van der Waals surface area contributed by atoms with Crippen LogP contribution < -0.4 is 5.32 Å². The van der Waals surface area contributed by atoms with Gasteiger partial charge in [-0.15, -0.1) is 0 Å². The molecule has 0 bridgehead atoms. The molecule has 21 heavy (non-hydrogen) atoms. The van der Waals surface area contributed by atoms with E-state index in [4.69, 9.17) is 9.47 Å². The molecular weight excluding hydrogens is 262 g/mol. The molecule has 1 heterocycles. The van der Waals surface area contributed by atoms with E-state index in [0.29, 0.717) is 24.0 Å². The lowest BCUT2D eigenvalue weighted by Gasteiger charge is -2.44. The van der Waals surface area contributed by atoms with Gasteiger partial charge in [0, 0.05) is 19.8 Å². The van der Waals surface area contributed by atoms with Crippen molar-refractivity contribution in [2.24, 2.45) is 11.8 Å². The fourth-order valence-corrected chi connectivity index (χ4v) is 4.44. The van der Waals surface area contributed by atoms with E-state index in [0.717, 1.165) is 13.2 Å². The Kier molecular flexibility index (Phi) is 6.51. The molecule has 1 saturated carbocycles. The molecule has 1 spiro atoms. The topological polar surface area (TPSA) is 30.5 Å². The first kappa shape index (κ1) is 17.2. The molecule has 1 aliphatic heterocycles. The summed E-state index contributed by atoms with van der Waals surface area (Å²) in [7, 11) is 1.87. The van der Waals surface area contributed by atoms with Gasteiger partial charge in [-0.2, -0.15) is 0 Å². The van der Waals surface area contributed by atoms with Crippen LogP contribution in [0.15, 0.2) is 0 Å². The van der Waals surface area contributed by atoms with Gasteiger partial charge in [0.1, 0.15) is 0 Å². The first-order chi connectivity index (χ1) is 10.1. The van der Waals surface area contributed by atoms with Gasteiger partial charge in [-0.05, 0) is 50.5 Å². The highest BCUT2D eigenvalue weighted by molar-refractivity contribution is 4.96. The maximum Gasteiger partial charge on any atom is 0.0749 e. The monoisotopic (exact) mass is 297 g/mol. The summed E-state index contributed by atoms with van der Waals surface area (Å²) in [6.07, 6.45) is 9.11. The van der Waals surface area contributed by atoms with Gasteiger partial charge in [-0.1, -0.05) is 33.6 Å². The van der Waals surface area contributed by atoms with E-state index in [1.165, 1.54) is 44.9 Å². The van der Waals surface area contributed by atoms with Gasteiger partial charge in [0.25, 0.3) is 0 Å². The summed E-state index contributed by atoms with van der Waals surface area (Å²) >= 11 is 0. The maximum atomic E-state index is 6.22. The maximum absolute atomic E-state index is 6.22. The third-order valence-electron chi connectivity index (χ3n) is 5.47. The zero-order valence-corrected chi connectivity index (χ0v) is 14.5. The molecule has 1 aliphatic carbocycles. The lowest BCUT2D eigenvalue weighted by Crippen LogP contribution is -2.53. The lowest BCUT2D eigenvalue weighted by molar-refractivity contribution is -0.109. The van der Waals surface area contributed by atoms with Gasteiger partial charge in [0.05, 0.1) is 11.7 Å². The van der Waals surface area contributed by atoms with Crippen LogP contribution in [-0.4, -0.2) is 38.0 Å². The Bertz CT molecular complexity index is 300. The standard InChI is InChI=1S/C18H35NO2/c1-5-11-19-16(17(20-4)14(2)3)15-8-12-21-18(13-15)9-6-7-10-18/h14-17,19H,5-13H2,1-4H3. The lowest BCUT2D eigenvalue weighted by atomic mass is 9.77. The van der Waals surface area contributed by atoms with Gasteiger partial charge in [-0.25, -0.2) is 0 Å². The molecule has 0 aromatic rings. The number of nitrogens with one attached hydrogen (secondary N) is 1. The Hall–Kier alpha value is -0.120. The average Bonchev–Trinajstić information content (AvgIpc) is 2.90. The Morgan fingerprint density at radius 1 is 1.29 bits per heavy atom. The second-order valence-corrected chi connectivity index (χ2v) is 7.42. The zero-order valence-electron chi connectivity index (χ0n) is 14.5. The third-order valence-corrected chi connectivity index (χ3v) is 5.47. The second-order valence-electron chi connectivity index (χ2n) is 7.42. The van der Waals surface area contributed by atoms with Crippen LogP contribution in [-0.2, 0) is 9.47 Å². The van der Waals surface area contributed by atoms with Crippen LogP contribution >= 0.6 is 0 Å². The number of ether oxygens (including phenoxy) is 2. The molecule has 3 unspecified atom stereocenters. The summed E-state index contributed by atoms with van der Waals surface area (Å²) in [5.74, 6) is 1.24. The summed E-state index contributed by atoms with van der Waals surface area (Å²) in [5.41, 5.74) is 0.199. The summed E-state index contributed by atoms with van der Waals surface area (Å²) in [6.45, 7) is 8.81. The third kappa shape index (κ3) is 4.20. The van der Waals surface area contributed by atoms with Crippen LogP contribution in [0, 0.1) is 11.8 Å². The van der Waals surface area contributed by atoms with Crippen molar-refractivity contribution in [1.82, 2.24) is 5.32 Å². The molecule has 3 heteroatoms. The van der Waals surface area contributed by atoms with E-state index in [9.17, 15) is 0 Å². The van der Waals surface area contributed by atoms with E-state index in [1.807, 2.05) is 7.11 Å². The van der Waals surface area contributed by atoms with Crippen molar-refractivity contribution in [2.75, 3.05) is 20.3 Å². The van der Waals surface area contributed by atoms with Crippen LogP contribution in [0.5, 0.6) is 0 Å². The number of rotatable bonds is 7. The Morgan fingerprint density at radius 3 is 2.57 bits per heavy atom.